The van der Waals surface area contributed by atoms with Crippen molar-refractivity contribution in [3.05, 3.63) is 53.3 Å². The van der Waals surface area contributed by atoms with Crippen LogP contribution in [0.25, 0.3) is 0 Å². The molecule has 1 aromatic heterocycles. The zero-order valence-corrected chi connectivity index (χ0v) is 22.3. The lowest BCUT2D eigenvalue weighted by molar-refractivity contribution is -0.137. The van der Waals surface area contributed by atoms with Crippen LogP contribution in [-0.2, 0) is 40.5 Å². The number of benzene rings is 1. The van der Waals surface area contributed by atoms with Crippen LogP contribution in [-0.4, -0.2) is 78.2 Å². The average molecular weight is 553 g/mol. The molecule has 11 heteroatoms. The van der Waals surface area contributed by atoms with E-state index in [9.17, 15) is 26.4 Å². The molecule has 0 amide bonds. The van der Waals surface area contributed by atoms with Gasteiger partial charge in [-0.1, -0.05) is 12.5 Å². The van der Waals surface area contributed by atoms with Gasteiger partial charge in [-0.25, -0.2) is 8.42 Å². The first-order valence-corrected chi connectivity index (χ1v) is 14.9. The molecule has 0 radical (unpaired) electrons. The lowest BCUT2D eigenvalue weighted by Gasteiger charge is -2.36. The van der Waals surface area contributed by atoms with Gasteiger partial charge in [0.2, 0.25) is 10.0 Å². The van der Waals surface area contributed by atoms with E-state index in [4.69, 9.17) is 0 Å². The molecular formula is C27H35F3N4O3S. The van der Waals surface area contributed by atoms with Crippen molar-refractivity contribution in [1.82, 2.24) is 18.7 Å². The maximum absolute atomic E-state index is 13.4. The number of sulfonamides is 1. The highest BCUT2D eigenvalue weighted by Crippen LogP contribution is 2.33. The molecule has 2 aromatic rings. The summed E-state index contributed by atoms with van der Waals surface area (Å²) in [6.45, 7) is 5.73. The molecule has 7 nitrogen and oxygen atoms in total. The summed E-state index contributed by atoms with van der Waals surface area (Å²) in [4.78, 5) is 17.5. The van der Waals surface area contributed by atoms with Crippen molar-refractivity contribution in [2.75, 3.05) is 39.3 Å². The van der Waals surface area contributed by atoms with Gasteiger partial charge < -0.3 is 9.47 Å². The lowest BCUT2D eigenvalue weighted by Crippen LogP contribution is -2.51. The highest BCUT2D eigenvalue weighted by molar-refractivity contribution is 7.89. The van der Waals surface area contributed by atoms with Gasteiger partial charge in [0.25, 0.3) is 0 Å². The van der Waals surface area contributed by atoms with E-state index in [1.165, 1.54) is 37.7 Å². The Kier molecular flexibility index (Phi) is 8.00. The number of alkyl halides is 3. The Hall–Kier alpha value is -2.21. The first kappa shape index (κ1) is 27.4. The maximum Gasteiger partial charge on any atom is 0.416 e. The summed E-state index contributed by atoms with van der Waals surface area (Å²) in [5, 5.41) is 0. The fourth-order valence-corrected chi connectivity index (χ4v) is 7.70. The fraction of sp³-hybridized carbons (Fsp3) is 0.593. The van der Waals surface area contributed by atoms with E-state index in [1.54, 1.807) is 0 Å². The second kappa shape index (κ2) is 11.1. The fourth-order valence-electron chi connectivity index (χ4n) is 5.97. The van der Waals surface area contributed by atoms with E-state index in [-0.39, 0.29) is 18.9 Å². The number of piperidine rings is 1. The summed E-state index contributed by atoms with van der Waals surface area (Å²) < 4.78 is 69.9. The highest BCUT2D eigenvalue weighted by Gasteiger charge is 2.39. The van der Waals surface area contributed by atoms with Crippen LogP contribution in [0.3, 0.4) is 0 Å². The van der Waals surface area contributed by atoms with E-state index in [2.05, 4.69) is 21.6 Å². The first-order valence-electron chi connectivity index (χ1n) is 13.5. The predicted octanol–water partition coefficient (Wildman–Crippen LogP) is 3.77. The van der Waals surface area contributed by atoms with Gasteiger partial charge in [-0.3, -0.25) is 9.69 Å². The number of hydrogen-bond acceptors (Lipinski definition) is 5. The molecule has 5 rings (SSSR count). The molecule has 1 atom stereocenters. The van der Waals surface area contributed by atoms with E-state index in [0.717, 1.165) is 41.6 Å². The first-order chi connectivity index (χ1) is 18.1. The van der Waals surface area contributed by atoms with Gasteiger partial charge in [-0.05, 0) is 69.1 Å². The number of halogens is 3. The minimum atomic E-state index is -4.65. The molecular weight excluding hydrogens is 517 g/mol. The number of rotatable bonds is 8. The molecule has 0 saturated carbocycles. The largest absolute Gasteiger partial charge is 0.416 e. The Morgan fingerprint density at radius 1 is 0.921 bits per heavy atom. The third kappa shape index (κ3) is 5.85. The number of likely N-dealkylation sites (tertiary alicyclic amines) is 1. The van der Waals surface area contributed by atoms with Crippen LogP contribution in [0.2, 0.25) is 0 Å². The standard InChI is InChI=1S/C27H35F3N4O3S/c28-27(29,30)21-6-5-7-24(18-21)38(36,37)34-14-2-1-8-25(34)26(35)20-32-16-17-33-22(9-10-23(33)19-32)11-15-31-12-3-4-13-31/h5-7,9-10,18,25H,1-4,8,11-17,19-20H2. The predicted molar refractivity (Wildman–Crippen MR) is 137 cm³/mol. The van der Waals surface area contributed by atoms with Crippen molar-refractivity contribution in [3.63, 3.8) is 0 Å². The number of hydrogen-bond donors (Lipinski definition) is 0. The number of nitrogens with zero attached hydrogens (tertiary/aromatic N) is 4. The van der Waals surface area contributed by atoms with Crippen LogP contribution >= 0.6 is 0 Å². The Morgan fingerprint density at radius 2 is 1.68 bits per heavy atom. The van der Waals surface area contributed by atoms with E-state index < -0.39 is 32.7 Å². The summed E-state index contributed by atoms with van der Waals surface area (Å²) in [5.41, 5.74) is 1.44. The second-order valence-corrected chi connectivity index (χ2v) is 12.5. The molecule has 1 aromatic carbocycles. The molecule has 38 heavy (non-hydrogen) atoms. The molecule has 1 unspecified atom stereocenters. The molecule has 0 spiro atoms. The van der Waals surface area contributed by atoms with Crippen molar-refractivity contribution in [2.24, 2.45) is 0 Å². The smallest absolute Gasteiger partial charge is 0.346 e. The SMILES string of the molecule is O=C(CN1CCn2c(CCN3CCCC3)ccc2C1)C1CCCCN1S(=O)(=O)c1cccc(C(F)(F)F)c1. The topological polar surface area (TPSA) is 65.9 Å². The normalized spacial score (nSPS) is 22.0. The number of carbonyl (C=O) groups excluding carboxylic acids is 1. The van der Waals surface area contributed by atoms with Crippen LogP contribution in [0.4, 0.5) is 13.2 Å². The van der Waals surface area contributed by atoms with Crippen molar-refractivity contribution in [2.45, 2.75) is 68.7 Å². The van der Waals surface area contributed by atoms with Crippen LogP contribution in [0.1, 0.15) is 49.1 Å². The van der Waals surface area contributed by atoms with Crippen LogP contribution < -0.4 is 0 Å². The third-order valence-corrected chi connectivity index (χ3v) is 9.95. The second-order valence-electron chi connectivity index (χ2n) is 10.6. The van der Waals surface area contributed by atoms with Gasteiger partial charge >= 0.3 is 6.18 Å². The van der Waals surface area contributed by atoms with Gasteiger partial charge in [0.15, 0.2) is 5.78 Å². The summed E-state index contributed by atoms with van der Waals surface area (Å²) in [5.74, 6) is -0.200. The number of ketones is 1. The maximum atomic E-state index is 13.4. The number of aromatic nitrogens is 1. The molecule has 3 aliphatic heterocycles. The van der Waals surface area contributed by atoms with Crippen LogP contribution in [0, 0.1) is 0 Å². The van der Waals surface area contributed by atoms with Crippen LogP contribution in [0.15, 0.2) is 41.3 Å². The van der Waals surface area contributed by atoms with E-state index in [1.807, 2.05) is 4.90 Å². The molecule has 3 aliphatic rings. The highest BCUT2D eigenvalue weighted by atomic mass is 32.2. The molecule has 2 fully saturated rings. The molecule has 0 N–H and O–H groups in total. The Morgan fingerprint density at radius 3 is 2.45 bits per heavy atom. The monoisotopic (exact) mass is 552 g/mol. The summed E-state index contributed by atoms with van der Waals surface area (Å²) in [6, 6.07) is 7.18. The molecule has 0 aliphatic carbocycles. The molecule has 0 bridgehead atoms. The third-order valence-electron chi connectivity index (χ3n) is 8.04. The minimum Gasteiger partial charge on any atom is -0.346 e. The Bertz CT molecular complexity index is 1250. The van der Waals surface area contributed by atoms with Crippen molar-refractivity contribution in [1.29, 1.82) is 0 Å². The summed E-state index contributed by atoms with van der Waals surface area (Å²) in [7, 11) is -4.25. The van der Waals surface area contributed by atoms with E-state index >= 15 is 0 Å². The molecule has 2 saturated heterocycles. The quantitative estimate of drug-likeness (QED) is 0.499. The van der Waals surface area contributed by atoms with Gasteiger partial charge in [0, 0.05) is 50.5 Å². The molecule has 208 valence electrons. The molecule has 4 heterocycles. The van der Waals surface area contributed by atoms with Gasteiger partial charge in [-0.2, -0.15) is 17.5 Å². The lowest BCUT2D eigenvalue weighted by atomic mass is 10.0. The zero-order valence-electron chi connectivity index (χ0n) is 21.5. The van der Waals surface area contributed by atoms with Crippen molar-refractivity contribution >= 4 is 15.8 Å². The number of Topliss-reactive ketones (excluding diaryl/α,β-unsaturated/α-hetero) is 1. The Labute approximate surface area is 222 Å². The van der Waals surface area contributed by atoms with Gasteiger partial charge in [0.1, 0.15) is 0 Å². The van der Waals surface area contributed by atoms with Crippen molar-refractivity contribution < 1.29 is 26.4 Å². The zero-order chi connectivity index (χ0) is 26.9. The number of carbonyl (C=O) groups is 1. The van der Waals surface area contributed by atoms with Gasteiger partial charge in [-0.15, -0.1) is 0 Å². The number of fused-ring (bicyclic) bond motifs is 1. The Balaban J connectivity index is 1.25. The summed E-state index contributed by atoms with van der Waals surface area (Å²) in [6.07, 6.45) is 0.547. The summed E-state index contributed by atoms with van der Waals surface area (Å²) >= 11 is 0. The van der Waals surface area contributed by atoms with Gasteiger partial charge in [0.05, 0.1) is 23.0 Å². The van der Waals surface area contributed by atoms with E-state index in [0.29, 0.717) is 38.4 Å². The van der Waals surface area contributed by atoms with Crippen LogP contribution in [0.5, 0.6) is 0 Å². The van der Waals surface area contributed by atoms with Crippen molar-refractivity contribution in [3.8, 4) is 0 Å². The minimum absolute atomic E-state index is 0.119. The average Bonchev–Trinajstić information content (AvgIpc) is 3.57.